The fraction of sp³-hybridized carbons (Fsp3) is 0.462. The van der Waals surface area contributed by atoms with Crippen LogP contribution in [0.4, 0.5) is 0 Å². The molecular formula is C13H17Cl2N3O2. The third-order valence-corrected chi connectivity index (χ3v) is 2.92. The molecule has 1 aromatic rings. The van der Waals surface area contributed by atoms with Crippen LogP contribution in [-0.4, -0.2) is 29.9 Å². The van der Waals surface area contributed by atoms with Gasteiger partial charge in [0, 0.05) is 25.7 Å². The maximum absolute atomic E-state index is 11.9. The van der Waals surface area contributed by atoms with Gasteiger partial charge in [0.1, 0.15) is 5.15 Å². The third kappa shape index (κ3) is 5.75. The van der Waals surface area contributed by atoms with Gasteiger partial charge in [0.15, 0.2) is 0 Å². The Hall–Kier alpha value is -1.33. The molecule has 0 atom stereocenters. The van der Waals surface area contributed by atoms with Crippen LogP contribution in [0.15, 0.2) is 12.3 Å². The minimum absolute atomic E-state index is 0.0992. The highest BCUT2D eigenvalue weighted by molar-refractivity contribution is 6.35. The van der Waals surface area contributed by atoms with Crippen LogP contribution in [0, 0.1) is 5.92 Å². The van der Waals surface area contributed by atoms with Crippen molar-refractivity contribution < 1.29 is 9.59 Å². The Bertz CT molecular complexity index is 493. The van der Waals surface area contributed by atoms with Crippen molar-refractivity contribution in [2.24, 2.45) is 5.92 Å². The average molecular weight is 318 g/mol. The van der Waals surface area contributed by atoms with Gasteiger partial charge in [-0.15, -0.1) is 0 Å². The Labute approximate surface area is 128 Å². The smallest absolute Gasteiger partial charge is 0.252 e. The van der Waals surface area contributed by atoms with Crippen molar-refractivity contribution in [3.8, 4) is 0 Å². The summed E-state index contributed by atoms with van der Waals surface area (Å²) in [6.07, 6.45) is 1.53. The van der Waals surface area contributed by atoms with E-state index in [-0.39, 0.29) is 40.5 Å². The fourth-order valence-electron chi connectivity index (χ4n) is 1.38. The Morgan fingerprint density at radius 3 is 2.65 bits per heavy atom. The highest BCUT2D eigenvalue weighted by Gasteiger charge is 2.12. The molecular weight excluding hydrogens is 301 g/mol. The van der Waals surface area contributed by atoms with Crippen LogP contribution in [0.1, 0.15) is 30.6 Å². The Morgan fingerprint density at radius 1 is 1.30 bits per heavy atom. The van der Waals surface area contributed by atoms with E-state index in [2.05, 4.69) is 15.6 Å². The van der Waals surface area contributed by atoms with Gasteiger partial charge in [0.25, 0.3) is 5.91 Å². The standard InChI is InChI=1S/C13H17Cl2N3O2/c1-8(2)6-18-12(19)3-4-16-13(20)9-5-11(15)17-7-10(9)14/h5,7-8H,3-4,6H2,1-2H3,(H,16,20)(H,18,19). The van der Waals surface area contributed by atoms with Gasteiger partial charge in [-0.2, -0.15) is 0 Å². The lowest BCUT2D eigenvalue weighted by Gasteiger charge is -2.09. The number of carbonyl (C=O) groups is 2. The molecule has 0 aliphatic rings. The van der Waals surface area contributed by atoms with E-state index in [0.717, 1.165) is 0 Å². The molecule has 2 amide bonds. The summed E-state index contributed by atoms with van der Waals surface area (Å²) in [6.45, 7) is 4.88. The molecule has 20 heavy (non-hydrogen) atoms. The van der Waals surface area contributed by atoms with Gasteiger partial charge < -0.3 is 10.6 Å². The van der Waals surface area contributed by atoms with Crippen molar-refractivity contribution in [1.29, 1.82) is 0 Å². The number of nitrogens with zero attached hydrogens (tertiary/aromatic N) is 1. The predicted molar refractivity (Wildman–Crippen MR) is 79.1 cm³/mol. The zero-order valence-corrected chi connectivity index (χ0v) is 12.9. The number of hydrogen-bond donors (Lipinski definition) is 2. The minimum atomic E-state index is -0.379. The van der Waals surface area contributed by atoms with Crippen LogP contribution in [0.2, 0.25) is 10.2 Å². The first-order valence-corrected chi connectivity index (χ1v) is 7.01. The first-order chi connectivity index (χ1) is 9.40. The molecule has 0 bridgehead atoms. The van der Waals surface area contributed by atoms with Gasteiger partial charge >= 0.3 is 0 Å². The molecule has 0 saturated heterocycles. The summed E-state index contributed by atoms with van der Waals surface area (Å²) in [5.41, 5.74) is 0.245. The lowest BCUT2D eigenvalue weighted by molar-refractivity contribution is -0.121. The molecule has 0 aliphatic heterocycles. The number of pyridine rings is 1. The van der Waals surface area contributed by atoms with E-state index in [0.29, 0.717) is 12.5 Å². The fourth-order valence-corrected chi connectivity index (χ4v) is 1.73. The zero-order valence-electron chi connectivity index (χ0n) is 11.4. The van der Waals surface area contributed by atoms with Crippen molar-refractivity contribution in [3.05, 3.63) is 28.0 Å². The van der Waals surface area contributed by atoms with Gasteiger partial charge in [-0.05, 0) is 12.0 Å². The molecule has 0 unspecified atom stereocenters. The van der Waals surface area contributed by atoms with Crippen LogP contribution < -0.4 is 10.6 Å². The summed E-state index contributed by atoms with van der Waals surface area (Å²) < 4.78 is 0. The molecule has 0 spiro atoms. The van der Waals surface area contributed by atoms with Gasteiger partial charge in [-0.25, -0.2) is 4.98 Å². The quantitative estimate of drug-likeness (QED) is 0.791. The monoisotopic (exact) mass is 317 g/mol. The summed E-state index contributed by atoms with van der Waals surface area (Å²) in [6, 6.07) is 1.39. The number of rotatable bonds is 6. The largest absolute Gasteiger partial charge is 0.356 e. The van der Waals surface area contributed by atoms with Crippen molar-refractivity contribution >= 4 is 35.0 Å². The summed E-state index contributed by atoms with van der Waals surface area (Å²) in [7, 11) is 0. The molecule has 1 rings (SSSR count). The Morgan fingerprint density at radius 2 is 2.00 bits per heavy atom. The highest BCUT2D eigenvalue weighted by atomic mass is 35.5. The van der Waals surface area contributed by atoms with E-state index in [1.807, 2.05) is 13.8 Å². The molecule has 0 saturated carbocycles. The molecule has 2 N–H and O–H groups in total. The number of hydrogen-bond acceptors (Lipinski definition) is 3. The van der Waals surface area contributed by atoms with E-state index in [1.54, 1.807) is 0 Å². The number of carbonyl (C=O) groups excluding carboxylic acids is 2. The molecule has 0 radical (unpaired) electrons. The topological polar surface area (TPSA) is 71.1 Å². The van der Waals surface area contributed by atoms with Gasteiger partial charge in [-0.1, -0.05) is 37.0 Å². The molecule has 110 valence electrons. The molecule has 7 heteroatoms. The molecule has 0 aromatic carbocycles. The number of amides is 2. The van der Waals surface area contributed by atoms with E-state index in [9.17, 15) is 9.59 Å². The molecule has 5 nitrogen and oxygen atoms in total. The Balaban J connectivity index is 2.40. The normalized spacial score (nSPS) is 10.4. The van der Waals surface area contributed by atoms with Crippen LogP contribution in [0.5, 0.6) is 0 Å². The predicted octanol–water partition coefficient (Wildman–Crippen LogP) is 2.28. The zero-order chi connectivity index (χ0) is 15.1. The SMILES string of the molecule is CC(C)CNC(=O)CCNC(=O)c1cc(Cl)ncc1Cl. The summed E-state index contributed by atoms with van der Waals surface area (Å²) in [5, 5.41) is 5.79. The van der Waals surface area contributed by atoms with Crippen molar-refractivity contribution in [1.82, 2.24) is 15.6 Å². The lowest BCUT2D eigenvalue weighted by Crippen LogP contribution is -2.32. The average Bonchev–Trinajstić information content (AvgIpc) is 2.39. The van der Waals surface area contributed by atoms with Crippen molar-refractivity contribution in [2.75, 3.05) is 13.1 Å². The Kier molecular flexibility index (Phi) is 6.75. The van der Waals surface area contributed by atoms with E-state index >= 15 is 0 Å². The van der Waals surface area contributed by atoms with Crippen molar-refractivity contribution in [2.45, 2.75) is 20.3 Å². The first-order valence-electron chi connectivity index (χ1n) is 6.26. The van der Waals surface area contributed by atoms with Gasteiger partial charge in [-0.3, -0.25) is 9.59 Å². The van der Waals surface area contributed by atoms with Crippen LogP contribution in [0.3, 0.4) is 0 Å². The van der Waals surface area contributed by atoms with Crippen LogP contribution in [-0.2, 0) is 4.79 Å². The molecule has 1 aromatic heterocycles. The van der Waals surface area contributed by atoms with E-state index in [1.165, 1.54) is 12.3 Å². The van der Waals surface area contributed by atoms with Crippen LogP contribution >= 0.6 is 23.2 Å². The molecule has 1 heterocycles. The third-order valence-electron chi connectivity index (χ3n) is 2.41. The second-order valence-corrected chi connectivity index (χ2v) is 5.49. The second-order valence-electron chi connectivity index (χ2n) is 4.69. The lowest BCUT2D eigenvalue weighted by atomic mass is 10.2. The summed E-state index contributed by atoms with van der Waals surface area (Å²) in [4.78, 5) is 27.1. The number of halogens is 2. The van der Waals surface area contributed by atoms with Crippen LogP contribution in [0.25, 0.3) is 0 Å². The summed E-state index contributed by atoms with van der Waals surface area (Å²) >= 11 is 11.6. The van der Waals surface area contributed by atoms with Gasteiger partial charge in [0.05, 0.1) is 10.6 Å². The molecule has 0 aliphatic carbocycles. The number of nitrogens with one attached hydrogen (secondary N) is 2. The summed E-state index contributed by atoms with van der Waals surface area (Å²) in [5.74, 6) is -0.0832. The van der Waals surface area contributed by atoms with Crippen molar-refractivity contribution in [3.63, 3.8) is 0 Å². The van der Waals surface area contributed by atoms with Gasteiger partial charge in [0.2, 0.25) is 5.91 Å². The maximum atomic E-state index is 11.9. The number of aromatic nitrogens is 1. The first kappa shape index (κ1) is 16.7. The molecule has 0 fully saturated rings. The second kappa shape index (κ2) is 8.07. The van der Waals surface area contributed by atoms with E-state index < -0.39 is 0 Å². The maximum Gasteiger partial charge on any atom is 0.252 e. The van der Waals surface area contributed by atoms with E-state index in [4.69, 9.17) is 23.2 Å². The highest BCUT2D eigenvalue weighted by Crippen LogP contribution is 2.17. The minimum Gasteiger partial charge on any atom is -0.356 e.